The Balaban J connectivity index is 1.63. The minimum absolute atomic E-state index is 0.180. The largest absolute Gasteiger partial charge is 0.492 e. The van der Waals surface area contributed by atoms with E-state index in [1.54, 1.807) is 41.0 Å². The van der Waals surface area contributed by atoms with Crippen LogP contribution < -0.4 is 19.8 Å². The second-order valence-electron chi connectivity index (χ2n) is 10.7. The summed E-state index contributed by atoms with van der Waals surface area (Å²) in [6.45, 7) is 8.47. The second kappa shape index (κ2) is 11.1. The van der Waals surface area contributed by atoms with Crippen molar-refractivity contribution < 1.29 is 17.9 Å². The highest BCUT2D eigenvalue weighted by molar-refractivity contribution is 7.98. The summed E-state index contributed by atoms with van der Waals surface area (Å²) in [6, 6.07) is 8.72. The summed E-state index contributed by atoms with van der Waals surface area (Å²) in [7, 11) is -0.201. The fourth-order valence-electron chi connectivity index (χ4n) is 4.44. The van der Waals surface area contributed by atoms with Gasteiger partial charge in [-0.15, -0.1) is 0 Å². The number of hydrogen-bond acceptors (Lipinski definition) is 9. The van der Waals surface area contributed by atoms with E-state index in [0.717, 1.165) is 33.9 Å². The van der Waals surface area contributed by atoms with Gasteiger partial charge in [0.25, 0.3) is 5.91 Å². The molecule has 13 heteroatoms. The lowest BCUT2D eigenvalue weighted by Gasteiger charge is -2.24. The van der Waals surface area contributed by atoms with Crippen LogP contribution in [0.1, 0.15) is 54.0 Å². The molecule has 1 unspecified atom stereocenters. The highest BCUT2D eigenvalue weighted by atomic mass is 32.2. The molecule has 3 aromatic rings. The molecule has 2 heterocycles. The molecule has 0 aliphatic carbocycles. The minimum atomic E-state index is -3.59. The summed E-state index contributed by atoms with van der Waals surface area (Å²) >= 11 is 1.57. The first kappa shape index (κ1) is 29.4. The third-order valence-electron chi connectivity index (χ3n) is 6.60. The number of benzene rings is 2. The predicted molar refractivity (Wildman–Crippen MR) is 159 cm³/mol. The third kappa shape index (κ3) is 6.25. The monoisotopic (exact) mass is 585 g/mol. The number of imidazole rings is 1. The zero-order valence-corrected chi connectivity index (χ0v) is 25.6. The quantitative estimate of drug-likeness (QED) is 0.343. The van der Waals surface area contributed by atoms with Crippen LogP contribution in [0.4, 0.5) is 17.1 Å². The van der Waals surface area contributed by atoms with Crippen molar-refractivity contribution in [1.82, 2.24) is 9.55 Å². The molecule has 2 N–H and O–H groups in total. The van der Waals surface area contributed by atoms with Gasteiger partial charge in [0.15, 0.2) is 10.9 Å². The molecule has 0 saturated heterocycles. The van der Waals surface area contributed by atoms with E-state index in [2.05, 4.69) is 25.4 Å². The van der Waals surface area contributed by atoms with Crippen molar-refractivity contribution in [2.75, 3.05) is 41.2 Å². The number of aryl methyl sites for hydroxylation is 1. The Morgan fingerprint density at radius 3 is 2.48 bits per heavy atom. The molecule has 1 atom stereocenters. The molecule has 0 bridgehead atoms. The molecule has 2 aromatic carbocycles. The fraction of sp³-hybridized carbons (Fsp3) is 0.407. The maximum atomic E-state index is 13.5. The highest BCUT2D eigenvalue weighted by Gasteiger charge is 2.27. The molecule has 0 fully saturated rings. The fourth-order valence-corrected chi connectivity index (χ4v) is 5.53. The Morgan fingerprint density at radius 1 is 1.18 bits per heavy atom. The van der Waals surface area contributed by atoms with Crippen LogP contribution in [0.25, 0.3) is 0 Å². The van der Waals surface area contributed by atoms with Crippen LogP contribution in [0.2, 0.25) is 0 Å². The summed E-state index contributed by atoms with van der Waals surface area (Å²) in [6.07, 6.45) is 4.87. The van der Waals surface area contributed by atoms with E-state index in [1.165, 1.54) is 7.11 Å². The van der Waals surface area contributed by atoms with Gasteiger partial charge < -0.3 is 14.6 Å². The smallest absolute Gasteiger partial charge is 0.255 e. The van der Waals surface area contributed by atoms with Crippen LogP contribution in [-0.2, 0) is 22.5 Å². The first-order valence-electron chi connectivity index (χ1n) is 12.6. The van der Waals surface area contributed by atoms with Crippen molar-refractivity contribution in [3.63, 3.8) is 0 Å². The third-order valence-corrected chi connectivity index (χ3v) is 7.94. The molecular formula is C27H35N7O4S2. The molecule has 0 spiro atoms. The Hall–Kier alpha value is -3.58. The van der Waals surface area contributed by atoms with Gasteiger partial charge in [-0.2, -0.15) is 5.11 Å². The number of thioether (sulfide) groups is 1. The van der Waals surface area contributed by atoms with Crippen LogP contribution in [0.3, 0.4) is 0 Å². The van der Waals surface area contributed by atoms with E-state index in [0.29, 0.717) is 17.8 Å². The standard InChI is InChI=1S/C27H35N7O4S2/c1-16-9-10-17(11-22(16)34-15-21(30-32-34)23-14-28-26(39-7)33(23)5)25(35)29-19-12-18(27(2,3)4)13-20(24(19)38-6)31-40(8,36)37/h9-14,21,31H,15H2,1-8H3,(H,29,35). The number of anilines is 3. The summed E-state index contributed by atoms with van der Waals surface area (Å²) in [5.74, 6) is -0.157. The van der Waals surface area contributed by atoms with Crippen LogP contribution in [0.15, 0.2) is 52.0 Å². The molecule has 1 amide bonds. The normalized spacial score (nSPS) is 15.4. The number of rotatable bonds is 8. The molecule has 1 aromatic heterocycles. The van der Waals surface area contributed by atoms with Crippen molar-refractivity contribution >= 4 is 44.8 Å². The van der Waals surface area contributed by atoms with Crippen molar-refractivity contribution in [2.45, 2.75) is 44.3 Å². The summed E-state index contributed by atoms with van der Waals surface area (Å²) in [5, 5.41) is 14.5. The van der Waals surface area contributed by atoms with Crippen LogP contribution in [-0.4, -0.2) is 50.0 Å². The second-order valence-corrected chi connectivity index (χ2v) is 13.2. The van der Waals surface area contributed by atoms with Gasteiger partial charge in [0.1, 0.15) is 6.04 Å². The lowest BCUT2D eigenvalue weighted by atomic mass is 9.86. The van der Waals surface area contributed by atoms with Crippen molar-refractivity contribution in [3.8, 4) is 5.75 Å². The molecule has 0 radical (unpaired) electrons. The van der Waals surface area contributed by atoms with Crippen LogP contribution in [0.5, 0.6) is 5.75 Å². The lowest BCUT2D eigenvalue weighted by Crippen LogP contribution is -2.20. The number of aromatic nitrogens is 2. The number of nitrogens with one attached hydrogen (secondary N) is 2. The van der Waals surface area contributed by atoms with Crippen molar-refractivity contribution in [1.29, 1.82) is 0 Å². The average Bonchev–Trinajstić information content (AvgIpc) is 3.49. The summed E-state index contributed by atoms with van der Waals surface area (Å²) in [4.78, 5) is 17.9. The number of hydrogen-bond donors (Lipinski definition) is 2. The number of methoxy groups -OCH3 is 1. The minimum Gasteiger partial charge on any atom is -0.492 e. The van der Waals surface area contributed by atoms with Crippen molar-refractivity contribution in [2.24, 2.45) is 17.4 Å². The Labute approximate surface area is 239 Å². The Bertz CT molecular complexity index is 1580. The summed E-state index contributed by atoms with van der Waals surface area (Å²) in [5.41, 5.74) is 4.19. The van der Waals surface area contributed by atoms with Gasteiger partial charge >= 0.3 is 0 Å². The molecule has 1 aliphatic heterocycles. The van der Waals surface area contributed by atoms with E-state index in [9.17, 15) is 13.2 Å². The number of nitrogens with zero attached hydrogens (tertiary/aromatic N) is 5. The SMILES string of the molecule is COc1c(NC(=O)c2ccc(C)c(N3CC(c4cnc(SC)n4C)N=N3)c2)cc(C(C)(C)C)cc1NS(C)(=O)=O. The average molecular weight is 586 g/mol. The molecule has 214 valence electrons. The van der Waals surface area contributed by atoms with E-state index in [-0.39, 0.29) is 28.8 Å². The van der Waals surface area contributed by atoms with E-state index >= 15 is 0 Å². The predicted octanol–water partition coefficient (Wildman–Crippen LogP) is 5.31. The van der Waals surface area contributed by atoms with Gasteiger partial charge in [0.05, 0.1) is 48.9 Å². The van der Waals surface area contributed by atoms with E-state index < -0.39 is 10.0 Å². The summed E-state index contributed by atoms with van der Waals surface area (Å²) < 4.78 is 34.2. The molecule has 40 heavy (non-hydrogen) atoms. The first-order valence-corrected chi connectivity index (χ1v) is 15.7. The molecule has 0 saturated carbocycles. The number of carbonyl (C=O) groups excluding carboxylic acids is 1. The highest BCUT2D eigenvalue weighted by Crippen LogP contribution is 2.39. The van der Waals surface area contributed by atoms with Gasteiger partial charge in [-0.05, 0) is 54.0 Å². The lowest BCUT2D eigenvalue weighted by molar-refractivity contribution is 0.102. The number of amides is 1. The molecule has 4 rings (SSSR count). The van der Waals surface area contributed by atoms with E-state index in [1.807, 2.05) is 57.8 Å². The molecular weight excluding hydrogens is 550 g/mol. The Kier molecular flexibility index (Phi) is 8.18. The first-order chi connectivity index (χ1) is 18.7. The molecule has 1 aliphatic rings. The maximum absolute atomic E-state index is 13.5. The number of ether oxygens (including phenoxy) is 1. The van der Waals surface area contributed by atoms with Gasteiger partial charge in [-0.3, -0.25) is 9.52 Å². The van der Waals surface area contributed by atoms with Crippen LogP contribution >= 0.6 is 11.8 Å². The maximum Gasteiger partial charge on any atom is 0.255 e. The topological polar surface area (TPSA) is 130 Å². The molecule has 11 nitrogen and oxygen atoms in total. The van der Waals surface area contributed by atoms with Crippen LogP contribution in [0, 0.1) is 6.92 Å². The zero-order chi connectivity index (χ0) is 29.4. The van der Waals surface area contributed by atoms with Gasteiger partial charge in [-0.25, -0.2) is 18.4 Å². The van der Waals surface area contributed by atoms with Gasteiger partial charge in [0.2, 0.25) is 10.0 Å². The Morgan fingerprint density at radius 2 is 1.88 bits per heavy atom. The van der Waals surface area contributed by atoms with Crippen molar-refractivity contribution in [3.05, 3.63) is 58.9 Å². The number of carbonyl (C=O) groups is 1. The van der Waals surface area contributed by atoms with Gasteiger partial charge in [0, 0.05) is 12.6 Å². The van der Waals surface area contributed by atoms with Gasteiger partial charge in [-0.1, -0.05) is 43.8 Å². The zero-order valence-electron chi connectivity index (χ0n) is 23.9. The number of sulfonamides is 1. The van der Waals surface area contributed by atoms with E-state index in [4.69, 9.17) is 4.74 Å².